The molecular weight excluding hydrogens is 262 g/mol. The summed E-state index contributed by atoms with van der Waals surface area (Å²) < 4.78 is 5.54. The number of pyridine rings is 1. The summed E-state index contributed by atoms with van der Waals surface area (Å²) in [5.74, 6) is 0.825. The molecule has 3 rings (SSSR count). The highest BCUT2D eigenvalue weighted by molar-refractivity contribution is 5.98. The van der Waals surface area contributed by atoms with Gasteiger partial charge < -0.3 is 4.74 Å². The number of nitrogens with zero attached hydrogens (tertiary/aromatic N) is 1. The second kappa shape index (κ2) is 6.18. The lowest BCUT2D eigenvalue weighted by molar-refractivity contribution is 0.0962. The van der Waals surface area contributed by atoms with Gasteiger partial charge >= 0.3 is 0 Å². The maximum Gasteiger partial charge on any atom is 0.167 e. The number of fused-ring (bicyclic) bond motifs is 1. The molecule has 0 aliphatic carbocycles. The number of carbonyl (C=O) groups excluding carboxylic acids is 1. The monoisotopic (exact) mass is 277 g/mol. The molecule has 0 fully saturated rings. The van der Waals surface area contributed by atoms with Gasteiger partial charge in [-0.05, 0) is 24.3 Å². The Bertz CT molecular complexity index is 753. The van der Waals surface area contributed by atoms with Gasteiger partial charge in [-0.25, -0.2) is 0 Å². The van der Waals surface area contributed by atoms with Gasteiger partial charge in [-0.3, -0.25) is 9.78 Å². The van der Waals surface area contributed by atoms with Gasteiger partial charge in [-0.1, -0.05) is 36.4 Å². The molecule has 3 heteroatoms. The molecule has 0 spiro atoms. The van der Waals surface area contributed by atoms with Gasteiger partial charge in [-0.15, -0.1) is 0 Å². The van der Waals surface area contributed by atoms with E-state index in [1.807, 2.05) is 60.7 Å². The molecule has 21 heavy (non-hydrogen) atoms. The van der Waals surface area contributed by atoms with Crippen LogP contribution in [0.5, 0.6) is 5.75 Å². The normalized spacial score (nSPS) is 10.5. The van der Waals surface area contributed by atoms with Crippen molar-refractivity contribution in [2.75, 3.05) is 6.61 Å². The summed E-state index contributed by atoms with van der Waals surface area (Å²) in [5.41, 5.74) is 1.53. The highest BCUT2D eigenvalue weighted by Crippen LogP contribution is 2.14. The summed E-state index contributed by atoms with van der Waals surface area (Å²) in [6, 6.07) is 19.1. The molecule has 0 aliphatic rings. The lowest BCUT2D eigenvalue weighted by Gasteiger charge is -2.06. The van der Waals surface area contributed by atoms with E-state index in [9.17, 15) is 4.79 Å². The van der Waals surface area contributed by atoms with Crippen molar-refractivity contribution in [3.05, 3.63) is 72.4 Å². The zero-order valence-corrected chi connectivity index (χ0v) is 11.5. The Morgan fingerprint density at radius 1 is 1.00 bits per heavy atom. The molecule has 0 radical (unpaired) electrons. The molecule has 0 aliphatic heterocycles. The average molecular weight is 277 g/mol. The lowest BCUT2D eigenvalue weighted by atomic mass is 10.1. The van der Waals surface area contributed by atoms with Crippen LogP contribution < -0.4 is 4.74 Å². The van der Waals surface area contributed by atoms with Crippen LogP contribution >= 0.6 is 0 Å². The molecule has 104 valence electrons. The van der Waals surface area contributed by atoms with Gasteiger partial charge in [0.15, 0.2) is 5.78 Å². The summed E-state index contributed by atoms with van der Waals surface area (Å²) in [6.07, 6.45) is 1.97. The number of hydrogen-bond acceptors (Lipinski definition) is 3. The highest BCUT2D eigenvalue weighted by Gasteiger charge is 2.07. The largest absolute Gasteiger partial charge is 0.493 e. The van der Waals surface area contributed by atoms with E-state index in [1.54, 1.807) is 6.20 Å². The molecule has 0 atom stereocenters. The smallest absolute Gasteiger partial charge is 0.167 e. The summed E-state index contributed by atoms with van der Waals surface area (Å²) in [5, 5.41) is 0.979. The summed E-state index contributed by atoms with van der Waals surface area (Å²) in [4.78, 5) is 16.5. The van der Waals surface area contributed by atoms with E-state index in [1.165, 1.54) is 0 Å². The maximum atomic E-state index is 12.2. The fourth-order valence-corrected chi connectivity index (χ4v) is 2.15. The number of benzene rings is 2. The molecule has 1 aromatic heterocycles. The minimum Gasteiger partial charge on any atom is -0.493 e. The van der Waals surface area contributed by atoms with Crippen molar-refractivity contribution in [2.45, 2.75) is 6.42 Å². The molecule has 1 heterocycles. The second-order valence-corrected chi connectivity index (χ2v) is 4.75. The number of ketones is 1. The van der Waals surface area contributed by atoms with Crippen LogP contribution in [-0.2, 0) is 0 Å². The van der Waals surface area contributed by atoms with Crippen molar-refractivity contribution in [3.63, 3.8) is 0 Å². The van der Waals surface area contributed by atoms with Crippen molar-refractivity contribution in [1.82, 2.24) is 4.98 Å². The fourth-order valence-electron chi connectivity index (χ4n) is 2.15. The summed E-state index contributed by atoms with van der Waals surface area (Å²) in [7, 11) is 0. The van der Waals surface area contributed by atoms with Crippen molar-refractivity contribution in [1.29, 1.82) is 0 Å². The van der Waals surface area contributed by atoms with Crippen molar-refractivity contribution < 1.29 is 9.53 Å². The fraction of sp³-hybridized carbons (Fsp3) is 0.111. The highest BCUT2D eigenvalue weighted by atomic mass is 16.5. The maximum absolute atomic E-state index is 12.2. The van der Waals surface area contributed by atoms with Gasteiger partial charge in [0.1, 0.15) is 5.75 Å². The van der Waals surface area contributed by atoms with Gasteiger partial charge in [-0.2, -0.15) is 0 Å². The van der Waals surface area contributed by atoms with Crippen molar-refractivity contribution in [3.8, 4) is 5.75 Å². The third-order valence-electron chi connectivity index (χ3n) is 3.25. The van der Waals surface area contributed by atoms with E-state index in [4.69, 9.17) is 4.74 Å². The first kappa shape index (κ1) is 13.3. The Labute approximate surface area is 123 Å². The number of carbonyl (C=O) groups is 1. The van der Waals surface area contributed by atoms with E-state index in [2.05, 4.69) is 4.98 Å². The van der Waals surface area contributed by atoms with Crippen LogP contribution in [0.1, 0.15) is 16.8 Å². The lowest BCUT2D eigenvalue weighted by Crippen LogP contribution is -2.07. The Hall–Kier alpha value is -2.68. The Morgan fingerprint density at radius 3 is 2.62 bits per heavy atom. The van der Waals surface area contributed by atoms with Gasteiger partial charge in [0, 0.05) is 23.6 Å². The van der Waals surface area contributed by atoms with Crippen LogP contribution in [0.2, 0.25) is 0 Å². The molecular formula is C18H15NO2. The van der Waals surface area contributed by atoms with Gasteiger partial charge in [0.25, 0.3) is 0 Å². The molecule has 3 nitrogen and oxygen atoms in total. The van der Waals surface area contributed by atoms with Gasteiger partial charge in [0.05, 0.1) is 12.1 Å². The molecule has 2 aromatic carbocycles. The van der Waals surface area contributed by atoms with Crippen LogP contribution in [0, 0.1) is 0 Å². The van der Waals surface area contributed by atoms with Crippen LogP contribution in [0.25, 0.3) is 10.9 Å². The number of Topliss-reactive ketones (excluding diaryl/α,β-unsaturated/α-hetero) is 1. The Kier molecular flexibility index (Phi) is 3.92. The number of aromatic nitrogens is 1. The molecule has 0 N–H and O–H groups in total. The molecule has 0 saturated carbocycles. The number of hydrogen-bond donors (Lipinski definition) is 0. The molecule has 3 aromatic rings. The second-order valence-electron chi connectivity index (χ2n) is 4.75. The van der Waals surface area contributed by atoms with Crippen molar-refractivity contribution in [2.24, 2.45) is 0 Å². The first-order valence-corrected chi connectivity index (χ1v) is 6.89. The van der Waals surface area contributed by atoms with E-state index >= 15 is 0 Å². The molecule has 0 amide bonds. The average Bonchev–Trinajstić information content (AvgIpc) is 2.55. The summed E-state index contributed by atoms with van der Waals surface area (Å²) >= 11 is 0. The van der Waals surface area contributed by atoms with E-state index in [-0.39, 0.29) is 5.78 Å². The van der Waals surface area contributed by atoms with Crippen LogP contribution in [0.3, 0.4) is 0 Å². The van der Waals surface area contributed by atoms with Gasteiger partial charge in [0.2, 0.25) is 0 Å². The molecule has 0 unspecified atom stereocenters. The third kappa shape index (κ3) is 3.26. The minimum atomic E-state index is 0.0455. The van der Waals surface area contributed by atoms with Crippen LogP contribution in [-0.4, -0.2) is 17.4 Å². The summed E-state index contributed by atoms with van der Waals surface area (Å²) in [6.45, 7) is 0.371. The first-order chi connectivity index (χ1) is 10.3. The number of para-hydroxylation sites is 2. The van der Waals surface area contributed by atoms with Crippen LogP contribution in [0.4, 0.5) is 0 Å². The van der Waals surface area contributed by atoms with E-state index in [0.29, 0.717) is 18.6 Å². The number of rotatable bonds is 5. The first-order valence-electron chi connectivity index (χ1n) is 6.89. The Morgan fingerprint density at radius 2 is 1.76 bits per heavy atom. The zero-order chi connectivity index (χ0) is 14.5. The standard InChI is InChI=1S/C18H15NO2/c20-18(10-11-21-16-7-2-1-3-8-16)15-12-14-6-4-5-9-17(14)19-13-15/h1-9,12-13H,10-11H2. The topological polar surface area (TPSA) is 39.2 Å². The predicted octanol–water partition coefficient (Wildman–Crippen LogP) is 3.89. The molecule has 0 saturated heterocycles. The number of ether oxygens (including phenoxy) is 1. The Balaban J connectivity index is 1.64. The zero-order valence-electron chi connectivity index (χ0n) is 11.5. The van der Waals surface area contributed by atoms with E-state index < -0.39 is 0 Å². The predicted molar refractivity (Wildman–Crippen MR) is 82.6 cm³/mol. The quantitative estimate of drug-likeness (QED) is 0.664. The SMILES string of the molecule is O=C(CCOc1ccccc1)c1cnc2ccccc2c1. The van der Waals surface area contributed by atoms with Crippen LogP contribution in [0.15, 0.2) is 66.9 Å². The third-order valence-corrected chi connectivity index (χ3v) is 3.25. The van der Waals surface area contributed by atoms with Crippen molar-refractivity contribution >= 4 is 16.7 Å². The molecule has 0 bridgehead atoms. The minimum absolute atomic E-state index is 0.0455. The van der Waals surface area contributed by atoms with E-state index in [0.717, 1.165) is 16.7 Å².